The van der Waals surface area contributed by atoms with Crippen molar-refractivity contribution in [3.8, 4) is 11.5 Å². The van der Waals surface area contributed by atoms with Gasteiger partial charge in [0.05, 0.1) is 20.8 Å². The molecule has 5 heteroatoms. The highest BCUT2D eigenvalue weighted by Crippen LogP contribution is 2.30. The molecule has 0 saturated carbocycles. The zero-order chi connectivity index (χ0) is 20.1. The molecule has 27 heavy (non-hydrogen) atoms. The Hall–Kier alpha value is -2.53. The highest BCUT2D eigenvalue weighted by molar-refractivity contribution is 5.93. The number of benzene rings is 2. The fourth-order valence-electron chi connectivity index (χ4n) is 3.34. The summed E-state index contributed by atoms with van der Waals surface area (Å²) in [6.07, 6.45) is 0. The maximum absolute atomic E-state index is 12.5. The lowest BCUT2D eigenvalue weighted by atomic mass is 10.1. The third kappa shape index (κ3) is 5.23. The second kappa shape index (κ2) is 8.91. The summed E-state index contributed by atoms with van der Waals surface area (Å²) >= 11 is 0. The molecule has 0 spiro atoms. The molecule has 0 bridgehead atoms. The van der Waals surface area contributed by atoms with Crippen molar-refractivity contribution >= 4 is 11.6 Å². The summed E-state index contributed by atoms with van der Waals surface area (Å²) in [5.74, 6) is 1.39. The van der Waals surface area contributed by atoms with E-state index < -0.39 is 0 Å². The molecule has 0 unspecified atom stereocenters. The number of methoxy groups -OCH3 is 2. The van der Waals surface area contributed by atoms with Gasteiger partial charge in [0.15, 0.2) is 11.5 Å². The van der Waals surface area contributed by atoms with E-state index in [0.29, 0.717) is 24.6 Å². The van der Waals surface area contributed by atoms with Crippen LogP contribution in [0.1, 0.15) is 27.8 Å². The number of nitrogens with one attached hydrogen (secondary N) is 1. The number of hydrogen-bond acceptors (Lipinski definition) is 4. The molecule has 0 fully saturated rings. The van der Waals surface area contributed by atoms with Crippen LogP contribution in [0.4, 0.5) is 5.69 Å². The van der Waals surface area contributed by atoms with Gasteiger partial charge in [0.2, 0.25) is 5.91 Å². The van der Waals surface area contributed by atoms with Crippen LogP contribution in [0.15, 0.2) is 24.3 Å². The summed E-state index contributed by atoms with van der Waals surface area (Å²) in [4.78, 5) is 14.5. The van der Waals surface area contributed by atoms with Gasteiger partial charge in [-0.2, -0.15) is 0 Å². The molecule has 1 N–H and O–H groups in total. The van der Waals surface area contributed by atoms with E-state index in [1.807, 2.05) is 44.9 Å². The Bertz CT molecular complexity index is 808. The summed E-state index contributed by atoms with van der Waals surface area (Å²) in [5.41, 5.74) is 6.47. The number of anilines is 1. The number of carbonyl (C=O) groups is 1. The number of carbonyl (C=O) groups excluding carboxylic acids is 1. The smallest absolute Gasteiger partial charge is 0.238 e. The number of nitrogens with zero attached hydrogens (tertiary/aromatic N) is 1. The largest absolute Gasteiger partial charge is 0.493 e. The van der Waals surface area contributed by atoms with E-state index in [0.717, 1.165) is 27.9 Å². The molecule has 0 aromatic heterocycles. The molecule has 5 nitrogen and oxygen atoms in total. The van der Waals surface area contributed by atoms with Gasteiger partial charge >= 0.3 is 0 Å². The number of ether oxygens (including phenoxy) is 2. The highest BCUT2D eigenvalue weighted by Gasteiger charge is 2.14. The lowest BCUT2D eigenvalue weighted by Gasteiger charge is -2.20. The maximum atomic E-state index is 12.5. The summed E-state index contributed by atoms with van der Waals surface area (Å²) in [7, 11) is 5.19. The molecule has 2 aromatic carbocycles. The van der Waals surface area contributed by atoms with Crippen LogP contribution >= 0.6 is 0 Å². The molecular weight excluding hydrogens is 340 g/mol. The lowest BCUT2D eigenvalue weighted by molar-refractivity contribution is -0.117. The van der Waals surface area contributed by atoms with Gasteiger partial charge in [-0.1, -0.05) is 17.7 Å². The Morgan fingerprint density at radius 2 is 1.48 bits per heavy atom. The Balaban J connectivity index is 2.06. The number of rotatable bonds is 7. The van der Waals surface area contributed by atoms with Crippen molar-refractivity contribution < 1.29 is 14.3 Å². The number of likely N-dealkylation sites (N-methyl/N-ethyl adjacent to an activating group) is 1. The van der Waals surface area contributed by atoms with Crippen LogP contribution in [0.3, 0.4) is 0 Å². The molecule has 0 heterocycles. The van der Waals surface area contributed by atoms with Crippen molar-refractivity contribution in [1.29, 1.82) is 0 Å². The van der Waals surface area contributed by atoms with Crippen LogP contribution in [0.25, 0.3) is 0 Å². The molecule has 0 aliphatic rings. The monoisotopic (exact) mass is 370 g/mol. The minimum absolute atomic E-state index is 0.0225. The molecule has 0 radical (unpaired) electrons. The van der Waals surface area contributed by atoms with E-state index in [9.17, 15) is 4.79 Å². The van der Waals surface area contributed by atoms with Crippen LogP contribution in [0, 0.1) is 27.7 Å². The summed E-state index contributed by atoms with van der Waals surface area (Å²) < 4.78 is 10.7. The van der Waals surface area contributed by atoms with Crippen LogP contribution < -0.4 is 14.8 Å². The molecule has 0 aliphatic heterocycles. The molecule has 1 amide bonds. The van der Waals surface area contributed by atoms with E-state index in [-0.39, 0.29) is 5.91 Å². The van der Waals surface area contributed by atoms with Crippen molar-refractivity contribution in [2.45, 2.75) is 34.2 Å². The van der Waals surface area contributed by atoms with Gasteiger partial charge in [0, 0.05) is 12.2 Å². The first-order valence-corrected chi connectivity index (χ1v) is 9.03. The molecule has 2 aromatic rings. The van der Waals surface area contributed by atoms with Gasteiger partial charge in [-0.15, -0.1) is 0 Å². The first kappa shape index (κ1) is 20.8. The van der Waals surface area contributed by atoms with Crippen molar-refractivity contribution in [1.82, 2.24) is 4.90 Å². The van der Waals surface area contributed by atoms with Gasteiger partial charge in [0.25, 0.3) is 0 Å². The second-order valence-corrected chi connectivity index (χ2v) is 7.13. The lowest BCUT2D eigenvalue weighted by Crippen LogP contribution is -2.30. The molecule has 0 atom stereocenters. The minimum Gasteiger partial charge on any atom is -0.493 e. The number of amides is 1. The topological polar surface area (TPSA) is 50.8 Å². The van der Waals surface area contributed by atoms with Crippen LogP contribution in [-0.4, -0.2) is 38.6 Å². The van der Waals surface area contributed by atoms with E-state index >= 15 is 0 Å². The number of hydrogen-bond donors (Lipinski definition) is 1. The normalized spacial score (nSPS) is 10.8. The zero-order valence-corrected chi connectivity index (χ0v) is 17.4. The van der Waals surface area contributed by atoms with Gasteiger partial charge < -0.3 is 14.8 Å². The van der Waals surface area contributed by atoms with Gasteiger partial charge in [-0.25, -0.2) is 0 Å². The predicted octanol–water partition coefficient (Wildman–Crippen LogP) is 4.01. The molecule has 146 valence electrons. The van der Waals surface area contributed by atoms with Crippen molar-refractivity contribution in [2.75, 3.05) is 33.1 Å². The van der Waals surface area contributed by atoms with E-state index in [1.165, 1.54) is 5.56 Å². The Morgan fingerprint density at radius 3 is 2.04 bits per heavy atom. The maximum Gasteiger partial charge on any atom is 0.238 e. The average molecular weight is 370 g/mol. The predicted molar refractivity (Wildman–Crippen MR) is 110 cm³/mol. The zero-order valence-electron chi connectivity index (χ0n) is 17.4. The van der Waals surface area contributed by atoms with Gasteiger partial charge in [-0.05, 0) is 69.1 Å². The van der Waals surface area contributed by atoms with Gasteiger partial charge in [-0.3, -0.25) is 9.69 Å². The summed E-state index contributed by atoms with van der Waals surface area (Å²) in [6, 6.07) is 8.09. The highest BCUT2D eigenvalue weighted by atomic mass is 16.5. The van der Waals surface area contributed by atoms with Crippen molar-refractivity contribution in [3.63, 3.8) is 0 Å². The molecular formula is C22H30N2O3. The number of aryl methyl sites for hydroxylation is 4. The summed E-state index contributed by atoms with van der Waals surface area (Å²) in [6.45, 7) is 9.08. The third-order valence-electron chi connectivity index (χ3n) is 4.64. The van der Waals surface area contributed by atoms with E-state index in [1.54, 1.807) is 14.2 Å². The fraction of sp³-hybridized carbons (Fsp3) is 0.409. The Labute approximate surface area is 162 Å². The SMILES string of the molecule is COc1cc(C)c(CN(C)CC(=O)Nc2c(C)cc(C)cc2C)cc1OC. The molecule has 2 rings (SSSR count). The van der Waals surface area contributed by atoms with E-state index in [2.05, 4.69) is 24.4 Å². The first-order chi connectivity index (χ1) is 12.7. The molecule has 0 aliphatic carbocycles. The van der Waals surface area contributed by atoms with Crippen molar-refractivity contribution in [2.24, 2.45) is 0 Å². The fourth-order valence-corrected chi connectivity index (χ4v) is 3.34. The van der Waals surface area contributed by atoms with Gasteiger partial charge in [0.1, 0.15) is 0 Å². The second-order valence-electron chi connectivity index (χ2n) is 7.13. The van der Waals surface area contributed by atoms with Crippen molar-refractivity contribution in [3.05, 3.63) is 52.1 Å². The third-order valence-corrected chi connectivity index (χ3v) is 4.64. The van der Waals surface area contributed by atoms with Crippen LogP contribution in [-0.2, 0) is 11.3 Å². The van der Waals surface area contributed by atoms with E-state index in [4.69, 9.17) is 9.47 Å². The minimum atomic E-state index is -0.0225. The van der Waals surface area contributed by atoms with Crippen LogP contribution in [0.5, 0.6) is 11.5 Å². The Morgan fingerprint density at radius 1 is 0.926 bits per heavy atom. The summed E-state index contributed by atoms with van der Waals surface area (Å²) in [5, 5.41) is 3.05. The van der Waals surface area contributed by atoms with Crippen LogP contribution in [0.2, 0.25) is 0 Å². The first-order valence-electron chi connectivity index (χ1n) is 9.03. The molecule has 0 saturated heterocycles. The standard InChI is InChI=1S/C22H30N2O3/c1-14-8-16(3)22(17(4)9-14)23-21(25)13-24(5)12-18-11-20(27-7)19(26-6)10-15(18)2/h8-11H,12-13H2,1-7H3,(H,23,25). The Kier molecular flexibility index (Phi) is 6.86. The quantitative estimate of drug-likeness (QED) is 0.800. The average Bonchev–Trinajstić information content (AvgIpc) is 2.59.